The zero-order valence-electron chi connectivity index (χ0n) is 13.2. The van der Waals surface area contributed by atoms with Crippen LogP contribution >= 0.6 is 11.8 Å². The summed E-state index contributed by atoms with van der Waals surface area (Å²) in [6, 6.07) is 3.91. The van der Waals surface area contributed by atoms with Crippen LogP contribution in [0, 0.1) is 5.92 Å². The number of carboxylic acids is 1. The van der Waals surface area contributed by atoms with E-state index in [4.69, 9.17) is 4.65 Å². The summed E-state index contributed by atoms with van der Waals surface area (Å²) >= 11 is 1.60. The Hall–Kier alpha value is -1.18. The Labute approximate surface area is 140 Å². The molecule has 1 unspecified atom stereocenters. The molecule has 1 aromatic carbocycles. The van der Waals surface area contributed by atoms with Crippen molar-refractivity contribution in [3.05, 3.63) is 23.3 Å². The van der Waals surface area contributed by atoms with Crippen molar-refractivity contribution in [3.63, 3.8) is 0 Å². The maximum Gasteiger partial charge on any atom is 0.526 e. The lowest BCUT2D eigenvalue weighted by molar-refractivity contribution is 0.0690. The average Bonchev–Trinajstić information content (AvgIpc) is 3.24. The van der Waals surface area contributed by atoms with E-state index in [0.29, 0.717) is 16.9 Å². The van der Waals surface area contributed by atoms with Gasteiger partial charge in [0.2, 0.25) is 0 Å². The molecule has 122 valence electrons. The molecule has 3 atom stereocenters. The highest BCUT2D eigenvalue weighted by molar-refractivity contribution is 8.00. The van der Waals surface area contributed by atoms with E-state index in [1.807, 2.05) is 12.1 Å². The number of likely N-dealkylation sites (tertiary alicyclic amines) is 1. The van der Waals surface area contributed by atoms with Crippen LogP contribution in [0.4, 0.5) is 0 Å². The van der Waals surface area contributed by atoms with Crippen LogP contribution in [0.2, 0.25) is 5.82 Å². The van der Waals surface area contributed by atoms with Crippen LogP contribution in [0.15, 0.2) is 17.0 Å². The minimum absolute atomic E-state index is 0.132. The highest BCUT2D eigenvalue weighted by Crippen LogP contribution is 2.60. The van der Waals surface area contributed by atoms with Gasteiger partial charge in [-0.2, -0.15) is 0 Å². The van der Waals surface area contributed by atoms with E-state index in [2.05, 4.69) is 18.9 Å². The SMILES string of the molecule is C[C@H](Sc1ccc2c(c1C(=O)O)OB(O)[C@H]1CC21)C1CN(C)C1. The number of aromatic carboxylic acids is 1. The van der Waals surface area contributed by atoms with Gasteiger partial charge < -0.3 is 19.7 Å². The van der Waals surface area contributed by atoms with Gasteiger partial charge in [-0.05, 0) is 36.9 Å². The molecule has 1 saturated heterocycles. The normalized spacial score (nSPS) is 27.5. The second-order valence-corrected chi connectivity index (χ2v) is 8.40. The number of nitrogens with zero attached hydrogens (tertiary/aromatic N) is 1. The average molecular weight is 333 g/mol. The Morgan fingerprint density at radius 2 is 2.22 bits per heavy atom. The third kappa shape index (κ3) is 2.55. The third-order valence-corrected chi connectivity index (χ3v) is 6.63. The Balaban J connectivity index is 1.65. The number of hydrogen-bond acceptors (Lipinski definition) is 5. The van der Waals surface area contributed by atoms with Crippen LogP contribution in [-0.4, -0.2) is 53.5 Å². The Morgan fingerprint density at radius 3 is 2.87 bits per heavy atom. The van der Waals surface area contributed by atoms with Crippen molar-refractivity contribution < 1.29 is 19.6 Å². The molecule has 5 nitrogen and oxygen atoms in total. The van der Waals surface area contributed by atoms with Crippen molar-refractivity contribution in [2.24, 2.45) is 5.92 Å². The van der Waals surface area contributed by atoms with Crippen molar-refractivity contribution >= 4 is 24.8 Å². The second-order valence-electron chi connectivity index (χ2n) is 6.98. The first-order valence-electron chi connectivity index (χ1n) is 8.05. The number of fused-ring (bicyclic) bond motifs is 3. The molecule has 7 heteroatoms. The van der Waals surface area contributed by atoms with Gasteiger partial charge in [-0.15, -0.1) is 11.8 Å². The smallest absolute Gasteiger partial charge is 0.526 e. The first kappa shape index (κ1) is 15.4. The molecule has 0 amide bonds. The van der Waals surface area contributed by atoms with E-state index in [1.165, 1.54) is 0 Å². The highest BCUT2D eigenvalue weighted by atomic mass is 32.2. The van der Waals surface area contributed by atoms with Crippen LogP contribution < -0.4 is 4.65 Å². The lowest BCUT2D eigenvalue weighted by Crippen LogP contribution is -2.47. The number of carboxylic acid groups (broad SMARTS) is 1. The highest BCUT2D eigenvalue weighted by Gasteiger charge is 2.54. The molecule has 4 rings (SSSR count). The Bertz CT molecular complexity index is 664. The predicted octanol–water partition coefficient (Wildman–Crippen LogP) is 2.16. The van der Waals surface area contributed by atoms with Crippen LogP contribution in [0.3, 0.4) is 0 Å². The molecule has 3 aliphatic rings. The van der Waals surface area contributed by atoms with Gasteiger partial charge in [0.25, 0.3) is 0 Å². The fourth-order valence-electron chi connectivity index (χ4n) is 3.74. The maximum atomic E-state index is 11.8. The van der Waals surface area contributed by atoms with E-state index in [-0.39, 0.29) is 17.3 Å². The summed E-state index contributed by atoms with van der Waals surface area (Å²) in [6.07, 6.45) is 0.879. The van der Waals surface area contributed by atoms with Gasteiger partial charge in [-0.25, -0.2) is 4.79 Å². The molecule has 1 aliphatic carbocycles. The van der Waals surface area contributed by atoms with Crippen molar-refractivity contribution in [3.8, 4) is 5.75 Å². The van der Waals surface area contributed by atoms with Gasteiger partial charge in [0.15, 0.2) is 0 Å². The van der Waals surface area contributed by atoms with E-state index in [1.54, 1.807) is 11.8 Å². The topological polar surface area (TPSA) is 70.0 Å². The summed E-state index contributed by atoms with van der Waals surface area (Å²) in [7, 11) is 1.22. The summed E-state index contributed by atoms with van der Waals surface area (Å²) in [6.45, 7) is 4.26. The van der Waals surface area contributed by atoms with E-state index in [9.17, 15) is 14.9 Å². The standard InChI is InChI=1S/C16H20BNO4S/c1-8(9-6-18(2)7-9)23-13-4-3-10-11-5-12(11)17(21)22-15(10)14(13)16(19)20/h3-4,8-9,11-12,21H,5-7H2,1-2H3,(H,19,20)/t8-,11?,12-/m0/s1. The quantitative estimate of drug-likeness (QED) is 0.650. The molecule has 0 spiro atoms. The fourth-order valence-corrected chi connectivity index (χ4v) is 4.95. The monoisotopic (exact) mass is 333 g/mol. The van der Waals surface area contributed by atoms with E-state index >= 15 is 0 Å². The number of hydrogen-bond donors (Lipinski definition) is 2. The number of benzene rings is 1. The van der Waals surface area contributed by atoms with Gasteiger partial charge in [-0.3, -0.25) is 0 Å². The first-order chi connectivity index (χ1) is 11.0. The molecule has 2 fully saturated rings. The molecule has 0 bridgehead atoms. The molecular formula is C16H20BNO4S. The van der Waals surface area contributed by atoms with E-state index < -0.39 is 13.1 Å². The molecule has 2 aliphatic heterocycles. The van der Waals surface area contributed by atoms with Gasteiger partial charge in [0.1, 0.15) is 11.3 Å². The first-order valence-corrected chi connectivity index (χ1v) is 8.93. The van der Waals surface area contributed by atoms with Gasteiger partial charge in [-0.1, -0.05) is 13.0 Å². The number of carbonyl (C=O) groups is 1. The van der Waals surface area contributed by atoms with Gasteiger partial charge in [0.05, 0.1) is 0 Å². The van der Waals surface area contributed by atoms with Crippen molar-refractivity contribution in [2.75, 3.05) is 20.1 Å². The largest absolute Gasteiger partial charge is 0.535 e. The Kier molecular flexibility index (Phi) is 3.63. The molecule has 1 saturated carbocycles. The summed E-state index contributed by atoms with van der Waals surface area (Å²) in [5, 5.41) is 20.0. The fraction of sp³-hybridized carbons (Fsp3) is 0.562. The zero-order chi connectivity index (χ0) is 16.3. The molecular weight excluding hydrogens is 313 g/mol. The molecule has 1 aromatic rings. The van der Waals surface area contributed by atoms with Gasteiger partial charge >= 0.3 is 13.1 Å². The minimum Gasteiger partial charge on any atom is -0.535 e. The maximum absolute atomic E-state index is 11.8. The molecule has 0 radical (unpaired) electrons. The Morgan fingerprint density at radius 1 is 1.48 bits per heavy atom. The second kappa shape index (κ2) is 5.43. The van der Waals surface area contributed by atoms with Crippen molar-refractivity contribution in [1.82, 2.24) is 4.90 Å². The third-order valence-electron chi connectivity index (χ3n) is 5.28. The van der Waals surface area contributed by atoms with Crippen LogP contribution in [0.5, 0.6) is 5.75 Å². The number of thioether (sulfide) groups is 1. The van der Waals surface area contributed by atoms with Crippen LogP contribution in [0.1, 0.15) is 35.2 Å². The number of rotatable bonds is 4. The summed E-state index contributed by atoms with van der Waals surface area (Å²) in [5.74, 6) is 0.373. The molecule has 2 N–H and O–H groups in total. The van der Waals surface area contributed by atoms with Crippen molar-refractivity contribution in [1.29, 1.82) is 0 Å². The summed E-state index contributed by atoms with van der Waals surface area (Å²) in [5.41, 5.74) is 1.16. The minimum atomic E-state index is -0.978. The van der Waals surface area contributed by atoms with Crippen LogP contribution in [-0.2, 0) is 0 Å². The summed E-state index contributed by atoms with van der Waals surface area (Å²) < 4.78 is 5.57. The zero-order valence-corrected chi connectivity index (χ0v) is 14.0. The predicted molar refractivity (Wildman–Crippen MR) is 89.4 cm³/mol. The molecule has 23 heavy (non-hydrogen) atoms. The lowest BCUT2D eigenvalue weighted by Gasteiger charge is -2.39. The van der Waals surface area contributed by atoms with Crippen LogP contribution in [0.25, 0.3) is 0 Å². The summed E-state index contributed by atoms with van der Waals surface area (Å²) in [4.78, 5) is 14.8. The molecule has 0 aromatic heterocycles. The van der Waals surface area contributed by atoms with E-state index in [0.717, 1.165) is 30.0 Å². The van der Waals surface area contributed by atoms with Gasteiger partial charge in [0, 0.05) is 29.1 Å². The lowest BCUT2D eigenvalue weighted by atomic mass is 9.77. The van der Waals surface area contributed by atoms with Crippen molar-refractivity contribution in [2.45, 2.75) is 35.2 Å². The molecule has 2 heterocycles.